The maximum absolute atomic E-state index is 13.4. The number of ether oxygens (including phenoxy) is 2. The van der Waals surface area contributed by atoms with Crippen molar-refractivity contribution >= 4 is 21.9 Å². The van der Waals surface area contributed by atoms with Crippen LogP contribution in [0.3, 0.4) is 0 Å². The van der Waals surface area contributed by atoms with Crippen LogP contribution in [0, 0.1) is 5.82 Å². The molecule has 0 fully saturated rings. The van der Waals surface area contributed by atoms with Gasteiger partial charge in [0.1, 0.15) is 5.82 Å². The molecule has 0 spiro atoms. The number of phenols is 1. The Labute approximate surface area is 105 Å². The number of methoxy groups -OCH3 is 2. The maximum atomic E-state index is 13.4. The molecule has 17 heavy (non-hydrogen) atoms. The van der Waals surface area contributed by atoms with Gasteiger partial charge in [-0.2, -0.15) is 0 Å². The minimum atomic E-state index is -1.81. The van der Waals surface area contributed by atoms with Gasteiger partial charge in [-0.1, -0.05) is 0 Å². The molecule has 0 aromatic heterocycles. The summed E-state index contributed by atoms with van der Waals surface area (Å²) in [5.41, 5.74) is -0.339. The molecule has 0 saturated carbocycles. The number of phenolic OH excluding ortho intramolecular Hbond substituents is 1. The van der Waals surface area contributed by atoms with Crippen LogP contribution in [-0.4, -0.2) is 30.4 Å². The SMILES string of the molecule is COC(=O)C(O)c1c(O)c(OC)cc(F)c1Br. The summed E-state index contributed by atoms with van der Waals surface area (Å²) in [7, 11) is 2.28. The highest BCUT2D eigenvalue weighted by molar-refractivity contribution is 9.10. The largest absolute Gasteiger partial charge is 0.504 e. The molecule has 1 atom stereocenters. The van der Waals surface area contributed by atoms with Crippen LogP contribution >= 0.6 is 15.9 Å². The summed E-state index contributed by atoms with van der Waals surface area (Å²) < 4.78 is 22.2. The van der Waals surface area contributed by atoms with E-state index in [4.69, 9.17) is 4.74 Å². The van der Waals surface area contributed by atoms with Crippen molar-refractivity contribution in [3.05, 3.63) is 21.9 Å². The number of esters is 1. The lowest BCUT2D eigenvalue weighted by Crippen LogP contribution is -2.15. The quantitative estimate of drug-likeness (QED) is 0.828. The standard InChI is InChI=1S/C10H10BrFO5/c1-16-5-3-4(12)7(11)6(8(5)13)9(14)10(15)17-2/h3,9,13-14H,1-2H3. The molecule has 0 bridgehead atoms. The molecule has 94 valence electrons. The van der Waals surface area contributed by atoms with Gasteiger partial charge in [0.15, 0.2) is 17.6 Å². The summed E-state index contributed by atoms with van der Waals surface area (Å²) in [6.07, 6.45) is -1.81. The van der Waals surface area contributed by atoms with Crippen LogP contribution in [-0.2, 0) is 9.53 Å². The van der Waals surface area contributed by atoms with Gasteiger partial charge in [-0.25, -0.2) is 9.18 Å². The summed E-state index contributed by atoms with van der Waals surface area (Å²) in [6.45, 7) is 0. The first-order valence-electron chi connectivity index (χ1n) is 4.44. The molecule has 0 amide bonds. The molecule has 0 heterocycles. The third kappa shape index (κ3) is 2.50. The van der Waals surface area contributed by atoms with Crippen molar-refractivity contribution in [1.82, 2.24) is 0 Å². The Morgan fingerprint density at radius 3 is 2.59 bits per heavy atom. The van der Waals surface area contributed by atoms with Gasteiger partial charge >= 0.3 is 5.97 Å². The number of rotatable bonds is 3. The van der Waals surface area contributed by atoms with Gasteiger partial charge in [0.25, 0.3) is 0 Å². The zero-order valence-corrected chi connectivity index (χ0v) is 10.6. The maximum Gasteiger partial charge on any atom is 0.339 e. The van der Waals surface area contributed by atoms with Crippen LogP contribution in [0.2, 0.25) is 0 Å². The van der Waals surface area contributed by atoms with E-state index in [0.29, 0.717) is 0 Å². The molecular weight excluding hydrogens is 299 g/mol. The van der Waals surface area contributed by atoms with E-state index in [2.05, 4.69) is 20.7 Å². The Hall–Kier alpha value is -1.34. The summed E-state index contributed by atoms with van der Waals surface area (Å²) in [4.78, 5) is 11.2. The number of carbonyl (C=O) groups excluding carboxylic acids is 1. The van der Waals surface area contributed by atoms with Crippen LogP contribution < -0.4 is 4.74 Å². The second-order valence-corrected chi connectivity index (χ2v) is 3.86. The van der Waals surface area contributed by atoms with E-state index in [0.717, 1.165) is 13.2 Å². The molecule has 1 aromatic carbocycles. The normalized spacial score (nSPS) is 12.1. The molecule has 0 saturated heterocycles. The summed E-state index contributed by atoms with van der Waals surface area (Å²) >= 11 is 2.83. The summed E-state index contributed by atoms with van der Waals surface area (Å²) in [5.74, 6) is -2.52. The van der Waals surface area contributed by atoms with Crippen LogP contribution in [0.25, 0.3) is 0 Å². The number of halogens is 2. The smallest absolute Gasteiger partial charge is 0.339 e. The number of benzene rings is 1. The number of hydrogen-bond donors (Lipinski definition) is 2. The monoisotopic (exact) mass is 308 g/mol. The third-order valence-electron chi connectivity index (χ3n) is 2.11. The Kier molecular flexibility index (Phi) is 4.30. The highest BCUT2D eigenvalue weighted by atomic mass is 79.9. The average molecular weight is 309 g/mol. The lowest BCUT2D eigenvalue weighted by molar-refractivity contribution is -0.150. The molecule has 0 radical (unpaired) electrons. The molecular formula is C10H10BrFO5. The zero-order chi connectivity index (χ0) is 13.2. The van der Waals surface area contributed by atoms with E-state index < -0.39 is 23.6 Å². The second kappa shape index (κ2) is 5.33. The fourth-order valence-electron chi connectivity index (χ4n) is 1.25. The molecule has 2 N–H and O–H groups in total. The van der Waals surface area contributed by atoms with Crippen molar-refractivity contribution in [2.75, 3.05) is 14.2 Å². The number of aromatic hydroxyl groups is 1. The van der Waals surface area contributed by atoms with Crippen LogP contribution in [0.4, 0.5) is 4.39 Å². The van der Waals surface area contributed by atoms with Gasteiger partial charge in [-0.3, -0.25) is 0 Å². The van der Waals surface area contributed by atoms with Crippen molar-refractivity contribution in [3.63, 3.8) is 0 Å². The molecule has 1 unspecified atom stereocenters. The lowest BCUT2D eigenvalue weighted by atomic mass is 10.1. The predicted molar refractivity (Wildman–Crippen MR) is 59.3 cm³/mol. The van der Waals surface area contributed by atoms with E-state index in [1.807, 2.05) is 0 Å². The Morgan fingerprint density at radius 1 is 1.53 bits per heavy atom. The first-order valence-corrected chi connectivity index (χ1v) is 5.24. The van der Waals surface area contributed by atoms with Gasteiger partial charge in [-0.15, -0.1) is 0 Å². The van der Waals surface area contributed by atoms with E-state index in [1.54, 1.807) is 0 Å². The summed E-state index contributed by atoms with van der Waals surface area (Å²) in [5, 5.41) is 19.3. The second-order valence-electron chi connectivity index (χ2n) is 3.06. The van der Waals surface area contributed by atoms with Crippen LogP contribution in [0.15, 0.2) is 10.5 Å². The van der Waals surface area contributed by atoms with Crippen LogP contribution in [0.5, 0.6) is 11.5 Å². The molecule has 5 nitrogen and oxygen atoms in total. The molecule has 1 rings (SSSR count). The van der Waals surface area contributed by atoms with Crippen LogP contribution in [0.1, 0.15) is 11.7 Å². The molecule has 0 aliphatic carbocycles. The Morgan fingerprint density at radius 2 is 2.12 bits per heavy atom. The fourth-order valence-corrected chi connectivity index (χ4v) is 1.77. The fraction of sp³-hybridized carbons (Fsp3) is 0.300. The van der Waals surface area contributed by atoms with Gasteiger partial charge in [0.2, 0.25) is 0 Å². The molecule has 0 aliphatic heterocycles. The lowest BCUT2D eigenvalue weighted by Gasteiger charge is -2.15. The third-order valence-corrected chi connectivity index (χ3v) is 2.92. The van der Waals surface area contributed by atoms with Crippen molar-refractivity contribution in [1.29, 1.82) is 0 Å². The highest BCUT2D eigenvalue weighted by Crippen LogP contribution is 2.40. The van der Waals surface area contributed by atoms with Gasteiger partial charge in [0.05, 0.1) is 24.3 Å². The number of aliphatic hydroxyl groups is 1. The van der Waals surface area contributed by atoms with E-state index >= 15 is 0 Å². The topological polar surface area (TPSA) is 76.0 Å². The molecule has 7 heteroatoms. The van der Waals surface area contributed by atoms with Gasteiger partial charge in [0, 0.05) is 6.07 Å². The van der Waals surface area contributed by atoms with Gasteiger partial charge in [-0.05, 0) is 15.9 Å². The van der Waals surface area contributed by atoms with Crippen molar-refractivity contribution < 1.29 is 28.9 Å². The van der Waals surface area contributed by atoms with E-state index in [-0.39, 0.29) is 15.8 Å². The summed E-state index contributed by atoms with van der Waals surface area (Å²) in [6, 6.07) is 0.924. The van der Waals surface area contributed by atoms with E-state index in [1.165, 1.54) is 7.11 Å². The van der Waals surface area contributed by atoms with Gasteiger partial charge < -0.3 is 19.7 Å². The minimum Gasteiger partial charge on any atom is -0.504 e. The Bertz CT molecular complexity index is 449. The molecule has 1 aromatic rings. The predicted octanol–water partition coefficient (Wildman–Crippen LogP) is 1.51. The number of aliphatic hydroxyl groups excluding tert-OH is 1. The zero-order valence-electron chi connectivity index (χ0n) is 9.03. The first-order chi connectivity index (χ1) is 7.93. The number of carbonyl (C=O) groups is 1. The first kappa shape index (κ1) is 13.7. The number of hydrogen-bond acceptors (Lipinski definition) is 5. The van der Waals surface area contributed by atoms with Crippen molar-refractivity contribution in [3.8, 4) is 11.5 Å². The van der Waals surface area contributed by atoms with Crippen molar-refractivity contribution in [2.24, 2.45) is 0 Å². The minimum absolute atomic E-state index is 0.191. The average Bonchev–Trinajstić information content (AvgIpc) is 2.32. The highest BCUT2D eigenvalue weighted by Gasteiger charge is 2.28. The molecule has 0 aliphatic rings. The Balaban J connectivity index is 3.40. The van der Waals surface area contributed by atoms with Crippen molar-refractivity contribution in [2.45, 2.75) is 6.10 Å². The van der Waals surface area contributed by atoms with E-state index in [9.17, 15) is 19.4 Å².